The smallest absolute Gasteiger partial charge is 0.0451 e. The third-order valence-corrected chi connectivity index (χ3v) is 5.02. The Labute approximate surface area is 130 Å². The Morgan fingerprint density at radius 2 is 2.05 bits per heavy atom. The molecule has 118 valence electrons. The lowest BCUT2D eigenvalue weighted by atomic mass is 9.86. The third kappa shape index (κ3) is 4.55. The molecule has 0 aromatic heterocycles. The van der Waals surface area contributed by atoms with E-state index in [2.05, 4.69) is 62.3 Å². The van der Waals surface area contributed by atoms with E-state index in [0.29, 0.717) is 6.04 Å². The first kappa shape index (κ1) is 16.5. The topological polar surface area (TPSA) is 15.3 Å². The minimum Gasteiger partial charge on any atom is -0.309 e. The Balaban J connectivity index is 2.04. The lowest BCUT2D eigenvalue weighted by Gasteiger charge is -2.36. The van der Waals surface area contributed by atoms with Crippen LogP contribution < -0.4 is 5.32 Å². The number of nitrogens with one attached hydrogen (secondary N) is 1. The maximum absolute atomic E-state index is 3.68. The van der Waals surface area contributed by atoms with Gasteiger partial charge >= 0.3 is 0 Å². The molecule has 1 aliphatic carbocycles. The molecule has 0 radical (unpaired) electrons. The average Bonchev–Trinajstić information content (AvgIpc) is 2.47. The van der Waals surface area contributed by atoms with Gasteiger partial charge in [-0.1, -0.05) is 51.0 Å². The molecule has 0 amide bonds. The van der Waals surface area contributed by atoms with Gasteiger partial charge in [-0.2, -0.15) is 0 Å². The summed E-state index contributed by atoms with van der Waals surface area (Å²) in [4.78, 5) is 2.59. The average molecular weight is 288 g/mol. The van der Waals surface area contributed by atoms with Crippen LogP contribution in [0.1, 0.15) is 56.7 Å². The summed E-state index contributed by atoms with van der Waals surface area (Å²) in [6.07, 6.45) is 5.54. The molecule has 3 atom stereocenters. The highest BCUT2D eigenvalue weighted by Gasteiger charge is 2.24. The first-order valence-corrected chi connectivity index (χ1v) is 8.61. The van der Waals surface area contributed by atoms with E-state index in [1.165, 1.54) is 36.8 Å². The number of aryl methyl sites for hydroxylation is 1. The van der Waals surface area contributed by atoms with Crippen LogP contribution in [-0.4, -0.2) is 31.1 Å². The van der Waals surface area contributed by atoms with Gasteiger partial charge in [0.15, 0.2) is 0 Å². The quantitative estimate of drug-likeness (QED) is 0.845. The second-order valence-electron chi connectivity index (χ2n) is 6.83. The Kier molecular flexibility index (Phi) is 6.25. The van der Waals surface area contributed by atoms with Crippen molar-refractivity contribution in [3.8, 4) is 0 Å². The fourth-order valence-electron chi connectivity index (χ4n) is 3.74. The highest BCUT2D eigenvalue weighted by atomic mass is 15.2. The first-order valence-electron chi connectivity index (χ1n) is 8.61. The fraction of sp³-hybridized carbons (Fsp3) is 0.684. The van der Waals surface area contributed by atoms with Crippen LogP contribution in [-0.2, 0) is 0 Å². The Morgan fingerprint density at radius 1 is 1.29 bits per heavy atom. The molecule has 0 saturated heterocycles. The summed E-state index contributed by atoms with van der Waals surface area (Å²) < 4.78 is 0. The van der Waals surface area contributed by atoms with Crippen molar-refractivity contribution < 1.29 is 0 Å². The molecule has 21 heavy (non-hydrogen) atoms. The number of benzene rings is 1. The van der Waals surface area contributed by atoms with Crippen LogP contribution >= 0.6 is 0 Å². The largest absolute Gasteiger partial charge is 0.309 e. The molecule has 0 spiro atoms. The molecule has 1 aromatic carbocycles. The molecular weight excluding hydrogens is 256 g/mol. The van der Waals surface area contributed by atoms with Gasteiger partial charge in [0.1, 0.15) is 0 Å². The molecule has 1 N–H and O–H groups in total. The number of hydrogen-bond donors (Lipinski definition) is 1. The maximum Gasteiger partial charge on any atom is 0.0451 e. The predicted octanol–water partition coefficient (Wildman–Crippen LogP) is 4.16. The van der Waals surface area contributed by atoms with Crippen molar-refractivity contribution in [1.82, 2.24) is 10.2 Å². The van der Waals surface area contributed by atoms with E-state index in [9.17, 15) is 0 Å². The molecule has 0 heterocycles. The molecule has 1 saturated carbocycles. The Hall–Kier alpha value is -0.860. The monoisotopic (exact) mass is 288 g/mol. The molecule has 1 fully saturated rings. The summed E-state index contributed by atoms with van der Waals surface area (Å²) in [5.41, 5.74) is 2.85. The van der Waals surface area contributed by atoms with Crippen molar-refractivity contribution in [1.29, 1.82) is 0 Å². The van der Waals surface area contributed by atoms with Gasteiger partial charge in [-0.25, -0.2) is 0 Å². The lowest BCUT2D eigenvalue weighted by Crippen LogP contribution is -2.41. The third-order valence-electron chi connectivity index (χ3n) is 5.02. The van der Waals surface area contributed by atoms with Gasteiger partial charge in [0, 0.05) is 18.6 Å². The van der Waals surface area contributed by atoms with E-state index in [0.717, 1.165) is 25.0 Å². The minimum absolute atomic E-state index is 0.443. The molecule has 1 aliphatic rings. The van der Waals surface area contributed by atoms with E-state index in [4.69, 9.17) is 0 Å². The zero-order valence-corrected chi connectivity index (χ0v) is 14.2. The molecule has 2 rings (SSSR count). The van der Waals surface area contributed by atoms with E-state index < -0.39 is 0 Å². The highest BCUT2D eigenvalue weighted by Crippen LogP contribution is 2.28. The van der Waals surface area contributed by atoms with Crippen molar-refractivity contribution in [2.45, 2.75) is 58.5 Å². The normalized spacial score (nSPS) is 24.2. The summed E-state index contributed by atoms with van der Waals surface area (Å²) in [6.45, 7) is 8.96. The minimum atomic E-state index is 0.443. The Bertz CT molecular complexity index is 429. The zero-order valence-electron chi connectivity index (χ0n) is 14.2. The fourth-order valence-corrected chi connectivity index (χ4v) is 3.74. The van der Waals surface area contributed by atoms with Gasteiger partial charge in [0.05, 0.1) is 0 Å². The van der Waals surface area contributed by atoms with Crippen molar-refractivity contribution in [3.05, 3.63) is 35.4 Å². The van der Waals surface area contributed by atoms with Crippen molar-refractivity contribution in [2.75, 3.05) is 20.1 Å². The molecule has 0 bridgehead atoms. The van der Waals surface area contributed by atoms with E-state index in [1.54, 1.807) is 0 Å². The van der Waals surface area contributed by atoms with E-state index in [1.807, 2.05) is 0 Å². The van der Waals surface area contributed by atoms with Crippen LogP contribution in [0.15, 0.2) is 24.3 Å². The van der Waals surface area contributed by atoms with Crippen LogP contribution in [0.25, 0.3) is 0 Å². The molecular formula is C19H32N2. The second-order valence-corrected chi connectivity index (χ2v) is 6.83. The number of hydrogen-bond acceptors (Lipinski definition) is 2. The second kappa shape index (κ2) is 7.95. The summed E-state index contributed by atoms with van der Waals surface area (Å²) >= 11 is 0. The molecule has 0 aliphatic heterocycles. The first-order chi connectivity index (χ1) is 10.1. The van der Waals surface area contributed by atoms with Crippen LogP contribution in [0.5, 0.6) is 0 Å². The van der Waals surface area contributed by atoms with Crippen molar-refractivity contribution >= 4 is 0 Å². The molecule has 2 heteroatoms. The van der Waals surface area contributed by atoms with Crippen molar-refractivity contribution in [2.24, 2.45) is 5.92 Å². The van der Waals surface area contributed by atoms with E-state index in [-0.39, 0.29) is 0 Å². The van der Waals surface area contributed by atoms with Gasteiger partial charge in [-0.05, 0) is 50.4 Å². The summed E-state index contributed by atoms with van der Waals surface area (Å²) in [7, 11) is 2.31. The van der Waals surface area contributed by atoms with Crippen LogP contribution in [0, 0.1) is 12.8 Å². The van der Waals surface area contributed by atoms with Gasteiger partial charge in [0.2, 0.25) is 0 Å². The standard InChI is InChI=1S/C19H32N2/c1-5-20-19(18-12-7-6-10-16(18)3)14-21(4)17-11-8-9-15(2)13-17/h6-7,10,12,15,17,19-20H,5,8-9,11,13-14H2,1-4H3. The molecule has 2 nitrogen and oxygen atoms in total. The number of nitrogens with zero attached hydrogens (tertiary/aromatic N) is 1. The van der Waals surface area contributed by atoms with Crippen molar-refractivity contribution in [3.63, 3.8) is 0 Å². The zero-order chi connectivity index (χ0) is 15.2. The molecule has 3 unspecified atom stereocenters. The maximum atomic E-state index is 3.68. The summed E-state index contributed by atoms with van der Waals surface area (Å²) in [6, 6.07) is 10.0. The highest BCUT2D eigenvalue weighted by molar-refractivity contribution is 5.29. The lowest BCUT2D eigenvalue weighted by molar-refractivity contribution is 0.151. The predicted molar refractivity (Wildman–Crippen MR) is 91.6 cm³/mol. The summed E-state index contributed by atoms with van der Waals surface area (Å²) in [5, 5.41) is 3.68. The van der Waals surface area contributed by atoms with Crippen LogP contribution in [0.4, 0.5) is 0 Å². The SMILES string of the molecule is CCNC(CN(C)C1CCCC(C)C1)c1ccccc1C. The van der Waals surface area contributed by atoms with Gasteiger partial charge in [-0.15, -0.1) is 0 Å². The molecule has 1 aromatic rings. The van der Waals surface area contributed by atoms with Crippen LogP contribution in [0.2, 0.25) is 0 Å². The number of rotatable bonds is 6. The number of likely N-dealkylation sites (N-methyl/N-ethyl adjacent to an activating group) is 2. The van der Waals surface area contributed by atoms with E-state index >= 15 is 0 Å². The Morgan fingerprint density at radius 3 is 2.71 bits per heavy atom. The summed E-state index contributed by atoms with van der Waals surface area (Å²) in [5.74, 6) is 0.891. The van der Waals surface area contributed by atoms with Gasteiger partial charge < -0.3 is 10.2 Å². The van der Waals surface area contributed by atoms with Crippen LogP contribution in [0.3, 0.4) is 0 Å². The van der Waals surface area contributed by atoms with Gasteiger partial charge in [-0.3, -0.25) is 0 Å². The van der Waals surface area contributed by atoms with Gasteiger partial charge in [0.25, 0.3) is 0 Å².